The monoisotopic (exact) mass is 313 g/mol. The summed E-state index contributed by atoms with van der Waals surface area (Å²) in [6, 6.07) is 6.12. The van der Waals surface area contributed by atoms with Gasteiger partial charge in [-0.3, -0.25) is 9.69 Å². The molecule has 0 saturated carbocycles. The first-order valence-corrected chi connectivity index (χ1v) is 7.37. The summed E-state index contributed by atoms with van der Waals surface area (Å²) in [5, 5.41) is 6.15. The van der Waals surface area contributed by atoms with Gasteiger partial charge in [-0.1, -0.05) is 12.1 Å². The van der Waals surface area contributed by atoms with Crippen molar-refractivity contribution in [1.82, 2.24) is 15.5 Å². The Balaban J connectivity index is 1.67. The van der Waals surface area contributed by atoms with Crippen LogP contribution < -0.4 is 15.4 Å². The minimum absolute atomic E-state index is 0.0716. The number of nitrogens with zero attached hydrogens (tertiary/aromatic N) is 1. The maximum absolute atomic E-state index is 12.0. The number of nitrogens with one attached hydrogen (secondary N) is 2. The zero-order valence-electron chi connectivity index (χ0n) is 12.4. The lowest BCUT2D eigenvalue weighted by Crippen LogP contribution is -2.46. The third kappa shape index (κ3) is 5.95. The van der Waals surface area contributed by atoms with Crippen LogP contribution in [0.2, 0.25) is 0 Å². The Morgan fingerprint density at radius 2 is 1.95 bits per heavy atom. The third-order valence-corrected chi connectivity index (χ3v) is 3.47. The average Bonchev–Trinajstić information content (AvgIpc) is 2.50. The molecule has 0 aliphatic carbocycles. The highest BCUT2D eigenvalue weighted by atomic mass is 19.3. The van der Waals surface area contributed by atoms with Crippen molar-refractivity contribution >= 4 is 5.91 Å². The number of benzene rings is 1. The molecule has 0 unspecified atom stereocenters. The van der Waals surface area contributed by atoms with Gasteiger partial charge in [0.25, 0.3) is 0 Å². The summed E-state index contributed by atoms with van der Waals surface area (Å²) in [4.78, 5) is 14.1. The summed E-state index contributed by atoms with van der Waals surface area (Å²) < 4.78 is 28.3. The summed E-state index contributed by atoms with van der Waals surface area (Å²) in [6.45, 7) is 2.60. The van der Waals surface area contributed by atoms with Gasteiger partial charge in [0, 0.05) is 39.3 Å². The number of alkyl halides is 2. The smallest absolute Gasteiger partial charge is 0.387 e. The molecule has 1 aromatic carbocycles. The zero-order chi connectivity index (χ0) is 15.8. The molecule has 1 saturated heterocycles. The highest BCUT2D eigenvalue weighted by Gasteiger charge is 2.10. The van der Waals surface area contributed by atoms with Crippen LogP contribution in [0.15, 0.2) is 24.3 Å². The number of carbonyl (C=O) groups is 1. The Morgan fingerprint density at radius 1 is 1.27 bits per heavy atom. The average molecular weight is 313 g/mol. The highest BCUT2D eigenvalue weighted by Crippen LogP contribution is 2.15. The summed E-state index contributed by atoms with van der Waals surface area (Å²) in [7, 11) is 0. The van der Waals surface area contributed by atoms with E-state index in [9.17, 15) is 13.6 Å². The predicted octanol–water partition coefficient (Wildman–Crippen LogP) is 0.852. The van der Waals surface area contributed by atoms with Crippen molar-refractivity contribution in [3.05, 3.63) is 29.8 Å². The van der Waals surface area contributed by atoms with Gasteiger partial charge >= 0.3 is 6.61 Å². The summed E-state index contributed by atoms with van der Waals surface area (Å²) >= 11 is 0. The highest BCUT2D eigenvalue weighted by molar-refractivity contribution is 5.78. The van der Waals surface area contributed by atoms with Crippen LogP contribution in [0.4, 0.5) is 8.78 Å². The van der Waals surface area contributed by atoms with Crippen molar-refractivity contribution in [2.75, 3.05) is 39.3 Å². The zero-order valence-corrected chi connectivity index (χ0v) is 12.4. The van der Waals surface area contributed by atoms with Gasteiger partial charge in [-0.25, -0.2) is 0 Å². The Kier molecular flexibility index (Phi) is 6.54. The molecular weight excluding hydrogens is 292 g/mol. The van der Waals surface area contributed by atoms with E-state index in [2.05, 4.69) is 20.3 Å². The van der Waals surface area contributed by atoms with Gasteiger partial charge in [0.1, 0.15) is 5.75 Å². The Bertz CT molecular complexity index is 462. The molecule has 1 fully saturated rings. The van der Waals surface area contributed by atoms with Gasteiger partial charge in [-0.05, 0) is 17.7 Å². The molecule has 1 amide bonds. The van der Waals surface area contributed by atoms with Gasteiger partial charge in [0.15, 0.2) is 0 Å². The third-order valence-electron chi connectivity index (χ3n) is 3.47. The van der Waals surface area contributed by atoms with Gasteiger partial charge < -0.3 is 15.4 Å². The quantitative estimate of drug-likeness (QED) is 0.784. The van der Waals surface area contributed by atoms with Gasteiger partial charge in [-0.15, -0.1) is 0 Å². The van der Waals surface area contributed by atoms with E-state index in [-0.39, 0.29) is 18.1 Å². The largest absolute Gasteiger partial charge is 0.435 e. The van der Waals surface area contributed by atoms with Crippen molar-refractivity contribution in [2.45, 2.75) is 13.0 Å². The van der Waals surface area contributed by atoms with Crippen LogP contribution in [0.25, 0.3) is 0 Å². The Morgan fingerprint density at radius 3 is 2.59 bits per heavy atom. The summed E-state index contributed by atoms with van der Waals surface area (Å²) in [6.07, 6.45) is 0.233. The van der Waals surface area contributed by atoms with Crippen molar-refractivity contribution in [3.8, 4) is 5.75 Å². The lowest BCUT2D eigenvalue weighted by molar-refractivity contribution is -0.120. The lowest BCUT2D eigenvalue weighted by Gasteiger charge is -2.27. The van der Waals surface area contributed by atoms with Crippen LogP contribution >= 0.6 is 0 Å². The van der Waals surface area contributed by atoms with Crippen LogP contribution in [0, 0.1) is 0 Å². The fraction of sp³-hybridized carbons (Fsp3) is 0.533. The molecule has 2 rings (SSSR count). The van der Waals surface area contributed by atoms with E-state index < -0.39 is 6.61 Å². The van der Waals surface area contributed by atoms with E-state index in [0.29, 0.717) is 6.54 Å². The van der Waals surface area contributed by atoms with E-state index in [4.69, 9.17) is 0 Å². The molecule has 1 aliphatic heterocycles. The number of carbonyl (C=O) groups excluding carboxylic acids is 1. The topological polar surface area (TPSA) is 53.6 Å². The van der Waals surface area contributed by atoms with Crippen molar-refractivity contribution in [1.29, 1.82) is 0 Å². The molecule has 1 aliphatic rings. The molecule has 0 radical (unpaired) electrons. The molecule has 122 valence electrons. The van der Waals surface area contributed by atoms with E-state index in [1.54, 1.807) is 12.1 Å². The van der Waals surface area contributed by atoms with Crippen molar-refractivity contribution < 1.29 is 18.3 Å². The number of ether oxygens (including phenoxy) is 1. The number of rotatable bonds is 7. The Hall–Kier alpha value is -1.73. The first-order chi connectivity index (χ1) is 10.6. The van der Waals surface area contributed by atoms with E-state index in [0.717, 1.165) is 38.3 Å². The van der Waals surface area contributed by atoms with Crippen LogP contribution in [0.3, 0.4) is 0 Å². The maximum atomic E-state index is 12.0. The lowest BCUT2D eigenvalue weighted by atomic mass is 10.1. The van der Waals surface area contributed by atoms with Crippen LogP contribution in [0.5, 0.6) is 5.75 Å². The number of hydrogen-bond donors (Lipinski definition) is 2. The second-order valence-corrected chi connectivity index (χ2v) is 5.14. The molecule has 1 aromatic rings. The molecule has 0 bridgehead atoms. The fourth-order valence-electron chi connectivity index (χ4n) is 2.32. The molecule has 0 aromatic heterocycles. The minimum atomic E-state index is -2.83. The first kappa shape index (κ1) is 16.6. The SMILES string of the molecule is O=C(Cc1ccc(OC(F)F)cc1)NCCN1CCNCC1. The van der Waals surface area contributed by atoms with E-state index in [1.165, 1.54) is 12.1 Å². The molecule has 0 spiro atoms. The molecule has 1 heterocycles. The molecular formula is C15H21F2N3O2. The van der Waals surface area contributed by atoms with E-state index in [1.807, 2.05) is 0 Å². The first-order valence-electron chi connectivity index (χ1n) is 7.37. The minimum Gasteiger partial charge on any atom is -0.435 e. The maximum Gasteiger partial charge on any atom is 0.387 e. The molecule has 22 heavy (non-hydrogen) atoms. The standard InChI is InChI=1S/C15H21F2N3O2/c16-15(17)22-13-3-1-12(2-4-13)11-14(21)19-7-10-20-8-5-18-6-9-20/h1-4,15,18H,5-11H2,(H,19,21). The van der Waals surface area contributed by atoms with E-state index >= 15 is 0 Å². The van der Waals surface area contributed by atoms with Gasteiger partial charge in [-0.2, -0.15) is 8.78 Å². The predicted molar refractivity (Wildman–Crippen MR) is 79.1 cm³/mol. The second-order valence-electron chi connectivity index (χ2n) is 5.14. The number of halogens is 2. The van der Waals surface area contributed by atoms with Crippen molar-refractivity contribution in [2.24, 2.45) is 0 Å². The second kappa shape index (κ2) is 8.65. The number of piperazine rings is 1. The normalized spacial score (nSPS) is 15.8. The number of amides is 1. The number of hydrogen-bond acceptors (Lipinski definition) is 4. The molecule has 7 heteroatoms. The Labute approximate surface area is 128 Å². The fourth-order valence-corrected chi connectivity index (χ4v) is 2.32. The van der Waals surface area contributed by atoms with Crippen LogP contribution in [-0.2, 0) is 11.2 Å². The summed E-state index contributed by atoms with van der Waals surface area (Å²) in [5.41, 5.74) is 0.765. The van der Waals surface area contributed by atoms with Crippen molar-refractivity contribution in [3.63, 3.8) is 0 Å². The molecule has 5 nitrogen and oxygen atoms in total. The van der Waals surface area contributed by atoms with Gasteiger partial charge in [0.05, 0.1) is 6.42 Å². The van der Waals surface area contributed by atoms with Crippen LogP contribution in [0.1, 0.15) is 5.56 Å². The van der Waals surface area contributed by atoms with Gasteiger partial charge in [0.2, 0.25) is 5.91 Å². The van der Waals surface area contributed by atoms with Crippen LogP contribution in [-0.4, -0.2) is 56.7 Å². The molecule has 0 atom stereocenters. The molecule has 2 N–H and O–H groups in total. The summed E-state index contributed by atoms with van der Waals surface area (Å²) in [5.74, 6) is 0.0236.